The molecule has 5 nitrogen and oxygen atoms in total. The van der Waals surface area contributed by atoms with Crippen LogP contribution in [0, 0.1) is 0 Å². The van der Waals surface area contributed by atoms with Gasteiger partial charge < -0.3 is 14.6 Å². The lowest BCUT2D eigenvalue weighted by atomic mass is 10.0. The zero-order chi connectivity index (χ0) is 15.2. The molecule has 1 aromatic rings. The molecule has 0 radical (unpaired) electrons. The average Bonchev–Trinajstić information content (AvgIpc) is 2.43. The van der Waals surface area contributed by atoms with Crippen LogP contribution in [0.4, 0.5) is 0 Å². The number of methoxy groups -OCH3 is 1. The second kappa shape index (κ2) is 7.14. The molecule has 0 unspecified atom stereocenters. The minimum Gasteiger partial charge on any atom is -0.497 e. The number of benzene rings is 1. The first-order chi connectivity index (χ1) is 9.41. The first kappa shape index (κ1) is 16.3. The Morgan fingerprint density at radius 1 is 1.25 bits per heavy atom. The monoisotopic (exact) mass is 281 g/mol. The van der Waals surface area contributed by atoms with Crippen LogP contribution in [0.15, 0.2) is 24.3 Å². The Hall–Kier alpha value is -1.75. The van der Waals surface area contributed by atoms with E-state index >= 15 is 0 Å². The lowest BCUT2D eigenvalue weighted by Crippen LogP contribution is -2.51. The predicted molar refractivity (Wildman–Crippen MR) is 77.5 cm³/mol. The van der Waals surface area contributed by atoms with Crippen LogP contribution >= 0.6 is 0 Å². The van der Waals surface area contributed by atoms with E-state index in [4.69, 9.17) is 9.47 Å². The summed E-state index contributed by atoms with van der Waals surface area (Å²) in [6.07, 6.45) is 0. The quantitative estimate of drug-likeness (QED) is 0.792. The van der Waals surface area contributed by atoms with Crippen molar-refractivity contribution < 1.29 is 19.4 Å². The van der Waals surface area contributed by atoms with Crippen molar-refractivity contribution in [1.82, 2.24) is 4.90 Å². The maximum atomic E-state index is 11.2. The molecule has 1 aromatic carbocycles. The molecule has 0 fully saturated rings. The summed E-state index contributed by atoms with van der Waals surface area (Å²) in [7, 11) is 1.61. The van der Waals surface area contributed by atoms with Gasteiger partial charge in [-0.1, -0.05) is 6.92 Å². The summed E-state index contributed by atoms with van der Waals surface area (Å²) >= 11 is 0. The Bertz CT molecular complexity index is 428. The predicted octanol–water partition coefficient (Wildman–Crippen LogP) is 2.26. The summed E-state index contributed by atoms with van der Waals surface area (Å²) < 4.78 is 10.7. The molecule has 112 valence electrons. The third-order valence-corrected chi connectivity index (χ3v) is 3.39. The van der Waals surface area contributed by atoms with Crippen molar-refractivity contribution in [3.05, 3.63) is 24.3 Å². The van der Waals surface area contributed by atoms with Crippen molar-refractivity contribution in [1.29, 1.82) is 0 Å². The highest BCUT2D eigenvalue weighted by Crippen LogP contribution is 2.18. The van der Waals surface area contributed by atoms with Gasteiger partial charge >= 0.3 is 5.97 Å². The van der Waals surface area contributed by atoms with E-state index in [1.165, 1.54) is 0 Å². The highest BCUT2D eigenvalue weighted by Gasteiger charge is 2.33. The molecule has 0 aliphatic carbocycles. The molecule has 0 aliphatic heterocycles. The third kappa shape index (κ3) is 4.13. The molecule has 0 aromatic heterocycles. The molecule has 0 heterocycles. The fraction of sp³-hybridized carbons (Fsp3) is 0.533. The lowest BCUT2D eigenvalue weighted by molar-refractivity contribution is -0.149. The first-order valence-corrected chi connectivity index (χ1v) is 6.67. The topological polar surface area (TPSA) is 59.0 Å². The Morgan fingerprint density at radius 2 is 1.80 bits per heavy atom. The number of nitrogens with zero attached hydrogens (tertiary/aromatic N) is 1. The summed E-state index contributed by atoms with van der Waals surface area (Å²) in [6.45, 7) is 7.00. The standard InChI is InChI=1S/C15H23NO4/c1-5-16(15(2,3)14(17)18)10-11-20-13-8-6-12(19-4)7-9-13/h6-9H,5,10-11H2,1-4H3,(H,17,18). The summed E-state index contributed by atoms with van der Waals surface area (Å²) in [5, 5.41) is 9.22. The number of carboxylic acid groups (broad SMARTS) is 1. The van der Waals surface area contributed by atoms with Crippen LogP contribution < -0.4 is 9.47 Å². The van der Waals surface area contributed by atoms with Gasteiger partial charge in [-0.05, 0) is 44.7 Å². The van der Waals surface area contributed by atoms with Gasteiger partial charge in [0.05, 0.1) is 7.11 Å². The van der Waals surface area contributed by atoms with E-state index in [9.17, 15) is 9.90 Å². The second-order valence-corrected chi connectivity index (χ2v) is 4.97. The molecule has 0 atom stereocenters. The third-order valence-electron chi connectivity index (χ3n) is 3.39. The van der Waals surface area contributed by atoms with Gasteiger partial charge in [0.1, 0.15) is 23.6 Å². The minimum atomic E-state index is -0.891. The largest absolute Gasteiger partial charge is 0.497 e. The van der Waals surface area contributed by atoms with E-state index < -0.39 is 11.5 Å². The molecule has 1 N–H and O–H groups in total. The van der Waals surface area contributed by atoms with Crippen LogP contribution in [-0.2, 0) is 4.79 Å². The van der Waals surface area contributed by atoms with Crippen molar-refractivity contribution in [2.75, 3.05) is 26.8 Å². The van der Waals surface area contributed by atoms with Gasteiger partial charge in [-0.3, -0.25) is 9.69 Å². The molecule has 0 amide bonds. The van der Waals surface area contributed by atoms with Crippen LogP contribution in [0.2, 0.25) is 0 Å². The van der Waals surface area contributed by atoms with Crippen LogP contribution in [0.3, 0.4) is 0 Å². The summed E-state index contributed by atoms with van der Waals surface area (Å²) in [5.41, 5.74) is -0.891. The highest BCUT2D eigenvalue weighted by atomic mass is 16.5. The molecule has 0 bridgehead atoms. The normalized spacial score (nSPS) is 11.4. The number of hydrogen-bond donors (Lipinski definition) is 1. The Morgan fingerprint density at radius 3 is 2.25 bits per heavy atom. The molecule has 0 saturated carbocycles. The number of carboxylic acids is 1. The second-order valence-electron chi connectivity index (χ2n) is 4.97. The van der Waals surface area contributed by atoms with Crippen LogP contribution in [-0.4, -0.2) is 48.3 Å². The number of rotatable bonds is 8. The molecule has 0 aliphatic rings. The van der Waals surface area contributed by atoms with Crippen molar-refractivity contribution in [3.8, 4) is 11.5 Å². The van der Waals surface area contributed by atoms with Gasteiger partial charge in [-0.2, -0.15) is 0 Å². The maximum Gasteiger partial charge on any atom is 0.323 e. The van der Waals surface area contributed by atoms with Gasteiger partial charge in [0, 0.05) is 6.54 Å². The average molecular weight is 281 g/mol. The van der Waals surface area contributed by atoms with Crippen LogP contribution in [0.1, 0.15) is 20.8 Å². The fourth-order valence-corrected chi connectivity index (χ4v) is 1.91. The van der Waals surface area contributed by atoms with E-state index in [1.807, 2.05) is 36.1 Å². The van der Waals surface area contributed by atoms with Crippen LogP contribution in [0.25, 0.3) is 0 Å². The van der Waals surface area contributed by atoms with Crippen LogP contribution in [0.5, 0.6) is 11.5 Å². The molecule has 1 rings (SSSR count). The number of carbonyl (C=O) groups is 1. The molecule has 5 heteroatoms. The summed E-state index contributed by atoms with van der Waals surface area (Å²) in [4.78, 5) is 13.1. The van der Waals surface area contributed by atoms with Crippen molar-refractivity contribution in [2.45, 2.75) is 26.3 Å². The minimum absolute atomic E-state index is 0.441. The molecule has 0 spiro atoms. The fourth-order valence-electron chi connectivity index (χ4n) is 1.91. The van der Waals surface area contributed by atoms with Gasteiger partial charge in [-0.25, -0.2) is 0 Å². The Balaban J connectivity index is 2.51. The summed E-state index contributed by atoms with van der Waals surface area (Å²) in [6, 6.07) is 7.32. The van der Waals surface area contributed by atoms with E-state index in [2.05, 4.69) is 0 Å². The van der Waals surface area contributed by atoms with Crippen molar-refractivity contribution in [2.24, 2.45) is 0 Å². The Kier molecular flexibility index (Phi) is 5.82. The lowest BCUT2D eigenvalue weighted by Gasteiger charge is -2.33. The number of hydrogen-bond acceptors (Lipinski definition) is 4. The first-order valence-electron chi connectivity index (χ1n) is 6.67. The highest BCUT2D eigenvalue weighted by molar-refractivity contribution is 5.77. The van der Waals surface area contributed by atoms with Crippen molar-refractivity contribution in [3.63, 3.8) is 0 Å². The number of aliphatic carboxylic acids is 1. The van der Waals surface area contributed by atoms with Gasteiger partial charge in [0.15, 0.2) is 0 Å². The van der Waals surface area contributed by atoms with Crippen molar-refractivity contribution >= 4 is 5.97 Å². The SMILES string of the molecule is CCN(CCOc1ccc(OC)cc1)C(C)(C)C(=O)O. The molecule has 0 saturated heterocycles. The Labute approximate surface area is 120 Å². The van der Waals surface area contributed by atoms with Gasteiger partial charge in [0.25, 0.3) is 0 Å². The maximum absolute atomic E-state index is 11.2. The zero-order valence-electron chi connectivity index (χ0n) is 12.5. The molecule has 20 heavy (non-hydrogen) atoms. The molecular weight excluding hydrogens is 258 g/mol. The van der Waals surface area contributed by atoms with Gasteiger partial charge in [-0.15, -0.1) is 0 Å². The van der Waals surface area contributed by atoms with Gasteiger partial charge in [0.2, 0.25) is 0 Å². The zero-order valence-corrected chi connectivity index (χ0v) is 12.5. The summed E-state index contributed by atoms with van der Waals surface area (Å²) in [5.74, 6) is 0.693. The van der Waals surface area contributed by atoms with E-state index in [0.717, 1.165) is 11.5 Å². The van der Waals surface area contributed by atoms with E-state index in [1.54, 1.807) is 21.0 Å². The van der Waals surface area contributed by atoms with E-state index in [0.29, 0.717) is 19.7 Å². The number of likely N-dealkylation sites (N-methyl/N-ethyl adjacent to an activating group) is 1. The van der Waals surface area contributed by atoms with E-state index in [-0.39, 0.29) is 0 Å². The molecular formula is C15H23NO4. The smallest absolute Gasteiger partial charge is 0.323 e. The number of ether oxygens (including phenoxy) is 2.